The monoisotopic (exact) mass is 456 g/mol. The Morgan fingerprint density at radius 2 is 1.85 bits per heavy atom. The molecule has 4 rings (SSSR count). The van der Waals surface area contributed by atoms with Crippen molar-refractivity contribution in [2.75, 3.05) is 0 Å². The minimum absolute atomic E-state index is 0.236. The Hall–Kier alpha value is -3.36. The van der Waals surface area contributed by atoms with Crippen molar-refractivity contribution >= 4 is 45.2 Å². The number of aryl methyl sites for hydroxylation is 2. The third-order valence-electron chi connectivity index (χ3n) is 6.12. The van der Waals surface area contributed by atoms with Crippen LogP contribution in [-0.2, 0) is 17.8 Å². The molecule has 4 nitrogen and oxygen atoms in total. The first kappa shape index (κ1) is 22.8. The first-order valence-corrected chi connectivity index (χ1v) is 12.4. The van der Waals surface area contributed by atoms with Crippen LogP contribution in [0.3, 0.4) is 0 Å². The molecule has 0 saturated carbocycles. The minimum Gasteiger partial charge on any atom is -0.486 e. The van der Waals surface area contributed by atoms with Gasteiger partial charge >= 0.3 is 5.97 Å². The minimum atomic E-state index is -1.18. The first-order valence-electron chi connectivity index (χ1n) is 11.5. The molecule has 0 radical (unpaired) electrons. The second kappa shape index (κ2) is 10.1. The summed E-state index contributed by atoms with van der Waals surface area (Å²) in [6.07, 6.45) is 7.03. The summed E-state index contributed by atoms with van der Waals surface area (Å²) >= 11 is 1.57. The van der Waals surface area contributed by atoms with Crippen LogP contribution in [0.5, 0.6) is 0 Å². The summed E-state index contributed by atoms with van der Waals surface area (Å²) in [5.41, 5.74) is 4.48. The molecule has 0 bridgehead atoms. The molecule has 0 aliphatic carbocycles. The second-order valence-corrected chi connectivity index (χ2v) is 9.33. The maximum Gasteiger partial charge on any atom is 0.333 e. The molecule has 0 saturated heterocycles. The Morgan fingerprint density at radius 1 is 1.06 bits per heavy atom. The lowest BCUT2D eigenvalue weighted by Gasteiger charge is -2.03. The lowest BCUT2D eigenvalue weighted by molar-refractivity contribution is -0.132. The summed E-state index contributed by atoms with van der Waals surface area (Å²) in [6, 6.07) is 17.3. The van der Waals surface area contributed by atoms with Gasteiger partial charge in [0.1, 0.15) is 0 Å². The fraction of sp³-hybridized carbons (Fsp3) is 0.286. The van der Waals surface area contributed by atoms with Crippen LogP contribution in [0, 0.1) is 6.57 Å². The molecule has 4 aromatic rings. The molecule has 5 heteroatoms. The highest BCUT2D eigenvalue weighted by atomic mass is 32.1. The average Bonchev–Trinajstić information content (AvgIpc) is 3.38. The number of thiophene rings is 1. The number of carboxylic acid groups (broad SMARTS) is 1. The largest absolute Gasteiger partial charge is 0.486 e. The summed E-state index contributed by atoms with van der Waals surface area (Å²) in [7, 11) is 0. The van der Waals surface area contributed by atoms with Gasteiger partial charge in [0.2, 0.25) is 0 Å². The Balaban J connectivity index is 1.80. The van der Waals surface area contributed by atoms with Crippen LogP contribution < -0.4 is 0 Å². The molecule has 0 aliphatic heterocycles. The molecular weight excluding hydrogens is 428 g/mol. The van der Waals surface area contributed by atoms with E-state index in [4.69, 9.17) is 6.57 Å². The fourth-order valence-corrected chi connectivity index (χ4v) is 5.60. The maximum absolute atomic E-state index is 11.4. The number of carboxylic acids is 1. The molecule has 33 heavy (non-hydrogen) atoms. The van der Waals surface area contributed by atoms with Crippen molar-refractivity contribution in [3.8, 4) is 10.4 Å². The summed E-state index contributed by atoms with van der Waals surface area (Å²) in [5, 5.41) is 11.8. The molecule has 0 spiro atoms. The zero-order valence-corrected chi connectivity index (χ0v) is 19.9. The Bertz CT molecular complexity index is 1380. The van der Waals surface area contributed by atoms with Gasteiger partial charge in [0.15, 0.2) is 0 Å². The summed E-state index contributed by atoms with van der Waals surface area (Å²) in [5.74, 6) is -1.18. The third kappa shape index (κ3) is 4.58. The van der Waals surface area contributed by atoms with Crippen molar-refractivity contribution in [2.45, 2.75) is 52.5 Å². The van der Waals surface area contributed by atoms with E-state index in [0.29, 0.717) is 0 Å². The predicted molar refractivity (Wildman–Crippen MR) is 138 cm³/mol. The van der Waals surface area contributed by atoms with E-state index in [2.05, 4.69) is 71.8 Å². The van der Waals surface area contributed by atoms with Crippen LogP contribution >= 0.6 is 11.3 Å². The number of para-hydroxylation sites is 1. The van der Waals surface area contributed by atoms with Gasteiger partial charge in [0.05, 0.1) is 6.57 Å². The van der Waals surface area contributed by atoms with Gasteiger partial charge < -0.3 is 9.67 Å². The highest BCUT2D eigenvalue weighted by molar-refractivity contribution is 7.16. The van der Waals surface area contributed by atoms with E-state index in [1.54, 1.807) is 17.4 Å². The summed E-state index contributed by atoms with van der Waals surface area (Å²) in [4.78, 5) is 16.7. The predicted octanol–water partition coefficient (Wildman–Crippen LogP) is 8.01. The smallest absolute Gasteiger partial charge is 0.333 e. The quantitative estimate of drug-likeness (QED) is 0.157. The van der Waals surface area contributed by atoms with Crippen molar-refractivity contribution in [1.82, 2.24) is 4.57 Å². The Morgan fingerprint density at radius 3 is 2.58 bits per heavy atom. The van der Waals surface area contributed by atoms with E-state index >= 15 is 0 Å². The van der Waals surface area contributed by atoms with E-state index < -0.39 is 5.97 Å². The molecule has 0 unspecified atom stereocenters. The Labute approximate surface area is 198 Å². The molecule has 0 aliphatic rings. The van der Waals surface area contributed by atoms with Gasteiger partial charge in [-0.3, -0.25) is 4.79 Å². The number of carbonyl (C=O) groups is 1. The van der Waals surface area contributed by atoms with E-state index in [1.165, 1.54) is 34.6 Å². The molecule has 2 heterocycles. The molecule has 2 aromatic carbocycles. The summed E-state index contributed by atoms with van der Waals surface area (Å²) in [6.45, 7) is 12.5. The van der Waals surface area contributed by atoms with Crippen molar-refractivity contribution in [1.29, 1.82) is 0 Å². The summed E-state index contributed by atoms with van der Waals surface area (Å²) < 4.78 is 2.34. The van der Waals surface area contributed by atoms with Gasteiger partial charge in [-0.2, -0.15) is 0 Å². The zero-order chi connectivity index (χ0) is 23.4. The standard InChI is InChI=1S/C28H28N2O2S/c1-4-6-7-8-11-19-17-26(33-27(19)18-23(29-3)28(31)32)20-14-15-25-22(16-20)21-12-9-10-13-24(21)30(25)5-2/h9-10,12-18H,4-8,11H2,1-2H3,(H,31,32)/b23-18-. The molecular formula is C28H28N2O2S. The molecule has 0 fully saturated rings. The maximum atomic E-state index is 11.4. The number of unbranched alkanes of at least 4 members (excludes halogenated alkanes) is 3. The topological polar surface area (TPSA) is 46.6 Å². The number of hydrogen-bond acceptors (Lipinski definition) is 2. The Kier molecular flexibility index (Phi) is 6.96. The van der Waals surface area contributed by atoms with Crippen LogP contribution in [0.4, 0.5) is 0 Å². The van der Waals surface area contributed by atoms with Crippen LogP contribution in [0.25, 0.3) is 43.2 Å². The molecule has 168 valence electrons. The van der Waals surface area contributed by atoms with Gasteiger partial charge in [-0.1, -0.05) is 50.5 Å². The number of nitrogens with zero attached hydrogens (tertiary/aromatic N) is 2. The van der Waals surface area contributed by atoms with E-state index in [0.717, 1.165) is 46.7 Å². The van der Waals surface area contributed by atoms with Crippen molar-refractivity contribution in [3.63, 3.8) is 0 Å². The van der Waals surface area contributed by atoms with Gasteiger partial charge in [-0.25, -0.2) is 4.85 Å². The van der Waals surface area contributed by atoms with Gasteiger partial charge in [0, 0.05) is 38.1 Å². The first-order chi connectivity index (χ1) is 16.1. The lowest BCUT2D eigenvalue weighted by atomic mass is 10.0. The van der Waals surface area contributed by atoms with E-state index in [-0.39, 0.29) is 5.70 Å². The number of fused-ring (bicyclic) bond motifs is 3. The normalized spacial score (nSPS) is 11.8. The van der Waals surface area contributed by atoms with Gasteiger partial charge in [-0.05, 0) is 61.2 Å². The van der Waals surface area contributed by atoms with Crippen molar-refractivity contribution < 1.29 is 9.90 Å². The van der Waals surface area contributed by atoms with Crippen LogP contribution in [0.1, 0.15) is 50.0 Å². The van der Waals surface area contributed by atoms with Crippen molar-refractivity contribution in [3.05, 3.63) is 76.1 Å². The van der Waals surface area contributed by atoms with Crippen LogP contribution in [0.15, 0.2) is 54.2 Å². The SMILES string of the molecule is [C-]#[N+]/C(=C\c1sc(-c2ccc3c(c2)c2ccccc2n3CC)cc1CCCCCC)C(=O)O. The number of aromatic nitrogens is 1. The third-order valence-corrected chi connectivity index (χ3v) is 7.30. The number of rotatable bonds is 9. The number of benzene rings is 2. The van der Waals surface area contributed by atoms with Crippen LogP contribution in [0.2, 0.25) is 0 Å². The second-order valence-electron chi connectivity index (χ2n) is 8.25. The van der Waals surface area contributed by atoms with E-state index in [9.17, 15) is 9.90 Å². The van der Waals surface area contributed by atoms with Gasteiger partial charge in [0.25, 0.3) is 5.70 Å². The number of aliphatic carboxylic acids is 1. The van der Waals surface area contributed by atoms with Crippen molar-refractivity contribution in [2.24, 2.45) is 0 Å². The molecule has 2 aromatic heterocycles. The zero-order valence-electron chi connectivity index (χ0n) is 19.1. The lowest BCUT2D eigenvalue weighted by Crippen LogP contribution is -1.95. The van der Waals surface area contributed by atoms with E-state index in [1.807, 2.05) is 0 Å². The fourth-order valence-electron chi connectivity index (χ4n) is 4.46. The molecule has 0 amide bonds. The molecule has 0 atom stereocenters. The highest BCUT2D eigenvalue weighted by Gasteiger charge is 2.15. The van der Waals surface area contributed by atoms with Gasteiger partial charge in [-0.15, -0.1) is 11.3 Å². The molecule has 1 N–H and O–H groups in total. The van der Waals surface area contributed by atoms with Crippen LogP contribution in [-0.4, -0.2) is 15.6 Å². The highest BCUT2D eigenvalue weighted by Crippen LogP contribution is 2.38. The number of hydrogen-bond donors (Lipinski definition) is 1. The average molecular weight is 457 g/mol.